The zero-order chi connectivity index (χ0) is 29.9. The molecule has 4 rings (SSSR count). The van der Waals surface area contributed by atoms with E-state index >= 15 is 0 Å². The lowest BCUT2D eigenvalue weighted by Crippen LogP contribution is -2.30. The molecule has 42 heavy (non-hydrogen) atoms. The van der Waals surface area contributed by atoms with Crippen LogP contribution in [0.1, 0.15) is 15.9 Å². The Bertz CT molecular complexity index is 1590. The minimum atomic E-state index is -0.513. The number of rotatable bonds is 11. The lowest BCUT2D eigenvalue weighted by atomic mass is 10.1. The Morgan fingerprint density at radius 3 is 2.21 bits per heavy atom. The van der Waals surface area contributed by atoms with Gasteiger partial charge in [-0.2, -0.15) is 0 Å². The van der Waals surface area contributed by atoms with E-state index in [0.29, 0.717) is 39.0 Å². The van der Waals surface area contributed by atoms with Gasteiger partial charge in [0.15, 0.2) is 0 Å². The topological polar surface area (TPSA) is 106 Å². The molecular formula is C32H28ClN3O5S. The van der Waals surface area contributed by atoms with Crippen molar-refractivity contribution in [1.29, 1.82) is 0 Å². The van der Waals surface area contributed by atoms with Gasteiger partial charge in [0.1, 0.15) is 17.2 Å². The van der Waals surface area contributed by atoms with Crippen LogP contribution in [0.25, 0.3) is 6.08 Å². The highest BCUT2D eigenvalue weighted by Gasteiger charge is 2.16. The van der Waals surface area contributed by atoms with E-state index in [1.807, 2.05) is 12.1 Å². The van der Waals surface area contributed by atoms with Crippen LogP contribution in [0.5, 0.6) is 11.5 Å². The molecule has 3 amide bonds. The molecule has 0 atom stereocenters. The van der Waals surface area contributed by atoms with Crippen LogP contribution >= 0.6 is 23.4 Å². The number of carbonyl (C=O) groups is 3. The maximum absolute atomic E-state index is 13.3. The normalized spacial score (nSPS) is 10.9. The SMILES string of the molecule is COc1ccccc1/C=C(\NC(=O)c1ccccc1)C(=O)Nc1ccc(SCC(=O)Nc2cc(Cl)ccc2OC)cc1. The van der Waals surface area contributed by atoms with Gasteiger partial charge < -0.3 is 25.4 Å². The van der Waals surface area contributed by atoms with E-state index < -0.39 is 11.8 Å². The minimum Gasteiger partial charge on any atom is -0.496 e. The molecule has 0 fully saturated rings. The lowest BCUT2D eigenvalue weighted by molar-refractivity contribution is -0.114. The van der Waals surface area contributed by atoms with E-state index in [1.165, 1.54) is 26.0 Å². The van der Waals surface area contributed by atoms with Gasteiger partial charge in [0, 0.05) is 26.7 Å². The molecule has 0 aliphatic heterocycles. The number of amides is 3. The number of halogens is 1. The Morgan fingerprint density at radius 1 is 0.810 bits per heavy atom. The van der Waals surface area contributed by atoms with Gasteiger partial charge in [0.05, 0.1) is 25.7 Å². The molecule has 0 aromatic heterocycles. The largest absolute Gasteiger partial charge is 0.496 e. The highest BCUT2D eigenvalue weighted by Crippen LogP contribution is 2.28. The van der Waals surface area contributed by atoms with Gasteiger partial charge in [0.2, 0.25) is 5.91 Å². The molecule has 0 bridgehead atoms. The molecule has 0 spiro atoms. The van der Waals surface area contributed by atoms with Crippen LogP contribution in [0.3, 0.4) is 0 Å². The van der Waals surface area contributed by atoms with Gasteiger partial charge in [0.25, 0.3) is 11.8 Å². The third-order valence-electron chi connectivity index (χ3n) is 5.89. The number of carbonyl (C=O) groups excluding carboxylic acids is 3. The first-order valence-electron chi connectivity index (χ1n) is 12.7. The monoisotopic (exact) mass is 601 g/mol. The lowest BCUT2D eigenvalue weighted by Gasteiger charge is -2.13. The van der Waals surface area contributed by atoms with Crippen molar-refractivity contribution in [3.8, 4) is 11.5 Å². The molecule has 0 saturated carbocycles. The molecule has 0 unspecified atom stereocenters. The van der Waals surface area contributed by atoms with Crippen molar-refractivity contribution >= 4 is 58.5 Å². The predicted octanol–water partition coefficient (Wildman–Crippen LogP) is 6.50. The summed E-state index contributed by atoms with van der Waals surface area (Å²) in [6.07, 6.45) is 1.56. The summed E-state index contributed by atoms with van der Waals surface area (Å²) in [6.45, 7) is 0. The van der Waals surface area contributed by atoms with Crippen LogP contribution in [0, 0.1) is 0 Å². The van der Waals surface area contributed by atoms with Crippen molar-refractivity contribution < 1.29 is 23.9 Å². The number of anilines is 2. The third-order valence-corrected chi connectivity index (χ3v) is 7.13. The molecule has 0 radical (unpaired) electrons. The first-order valence-corrected chi connectivity index (χ1v) is 14.1. The molecule has 10 heteroatoms. The van der Waals surface area contributed by atoms with Gasteiger partial charge in [-0.15, -0.1) is 11.8 Å². The van der Waals surface area contributed by atoms with E-state index in [2.05, 4.69) is 16.0 Å². The summed E-state index contributed by atoms with van der Waals surface area (Å²) in [6, 6.07) is 27.8. The number of thioether (sulfide) groups is 1. The fourth-order valence-electron chi connectivity index (χ4n) is 3.83. The first-order chi connectivity index (χ1) is 20.4. The quantitative estimate of drug-likeness (QED) is 0.134. The summed E-state index contributed by atoms with van der Waals surface area (Å²) in [5, 5.41) is 8.82. The molecule has 0 aliphatic carbocycles. The molecule has 3 N–H and O–H groups in total. The molecule has 4 aromatic rings. The van der Waals surface area contributed by atoms with Crippen LogP contribution in [0.4, 0.5) is 11.4 Å². The average molecular weight is 602 g/mol. The molecule has 214 valence electrons. The smallest absolute Gasteiger partial charge is 0.272 e. The molecule has 8 nitrogen and oxygen atoms in total. The van der Waals surface area contributed by atoms with Gasteiger partial charge in [-0.1, -0.05) is 48.0 Å². The Balaban J connectivity index is 1.43. The van der Waals surface area contributed by atoms with Crippen LogP contribution in [-0.4, -0.2) is 37.7 Å². The molecule has 0 saturated heterocycles. The van der Waals surface area contributed by atoms with Crippen LogP contribution < -0.4 is 25.4 Å². The zero-order valence-corrected chi connectivity index (χ0v) is 24.4. The van der Waals surface area contributed by atoms with Gasteiger partial charge in [-0.25, -0.2) is 0 Å². The summed E-state index contributed by atoms with van der Waals surface area (Å²) in [5.74, 6) is 0.0532. The number of hydrogen-bond acceptors (Lipinski definition) is 6. The Morgan fingerprint density at radius 2 is 1.50 bits per heavy atom. The summed E-state index contributed by atoms with van der Waals surface area (Å²) in [5.41, 5.74) is 2.08. The van der Waals surface area contributed by atoms with E-state index in [1.54, 1.807) is 91.0 Å². The van der Waals surface area contributed by atoms with Crippen molar-refractivity contribution in [2.45, 2.75) is 4.90 Å². The molecule has 4 aromatic carbocycles. The van der Waals surface area contributed by atoms with Crippen molar-refractivity contribution in [2.75, 3.05) is 30.6 Å². The summed E-state index contributed by atoms with van der Waals surface area (Å²) in [7, 11) is 3.05. The summed E-state index contributed by atoms with van der Waals surface area (Å²) in [4.78, 5) is 39.5. The number of methoxy groups -OCH3 is 2. The summed E-state index contributed by atoms with van der Waals surface area (Å²) < 4.78 is 10.7. The van der Waals surface area contributed by atoms with Crippen LogP contribution in [0.2, 0.25) is 5.02 Å². The van der Waals surface area contributed by atoms with Crippen molar-refractivity contribution in [3.63, 3.8) is 0 Å². The Hall–Kier alpha value is -4.73. The summed E-state index contributed by atoms with van der Waals surface area (Å²) >= 11 is 7.37. The second-order valence-electron chi connectivity index (χ2n) is 8.78. The second kappa shape index (κ2) is 14.8. The molecule has 0 heterocycles. The van der Waals surface area contributed by atoms with E-state index in [0.717, 1.165) is 4.90 Å². The maximum atomic E-state index is 13.3. The van der Waals surface area contributed by atoms with Crippen LogP contribution in [0.15, 0.2) is 108 Å². The van der Waals surface area contributed by atoms with E-state index in [9.17, 15) is 14.4 Å². The second-order valence-corrected chi connectivity index (χ2v) is 10.3. The van der Waals surface area contributed by atoms with Crippen LogP contribution in [-0.2, 0) is 9.59 Å². The molecule has 0 aliphatic rings. The van der Waals surface area contributed by atoms with Gasteiger partial charge >= 0.3 is 0 Å². The maximum Gasteiger partial charge on any atom is 0.272 e. The number of nitrogens with one attached hydrogen (secondary N) is 3. The van der Waals surface area contributed by atoms with Crippen molar-refractivity contribution in [2.24, 2.45) is 0 Å². The zero-order valence-electron chi connectivity index (χ0n) is 22.8. The van der Waals surface area contributed by atoms with E-state index in [4.69, 9.17) is 21.1 Å². The average Bonchev–Trinajstić information content (AvgIpc) is 3.01. The number of hydrogen-bond donors (Lipinski definition) is 3. The fraction of sp³-hybridized carbons (Fsp3) is 0.0938. The Labute approximate surface area is 253 Å². The highest BCUT2D eigenvalue weighted by atomic mass is 35.5. The van der Waals surface area contributed by atoms with Gasteiger partial charge in [-0.05, 0) is 66.7 Å². The highest BCUT2D eigenvalue weighted by molar-refractivity contribution is 8.00. The minimum absolute atomic E-state index is 0.0416. The molecular weight excluding hydrogens is 574 g/mol. The standard InChI is InChI=1S/C32H28ClN3O5S/c1-40-28-11-7-6-10-22(28)18-27(36-31(38)21-8-4-3-5-9-21)32(39)34-24-13-15-25(16-14-24)42-20-30(37)35-26-19-23(33)12-17-29(26)41-2/h3-19H,20H2,1-2H3,(H,34,39)(H,35,37)(H,36,38)/b27-18-. The number of ether oxygens (including phenoxy) is 2. The number of para-hydroxylation sites is 1. The van der Waals surface area contributed by atoms with Crippen molar-refractivity contribution in [1.82, 2.24) is 5.32 Å². The first kappa shape index (κ1) is 30.2. The van der Waals surface area contributed by atoms with Crippen molar-refractivity contribution in [3.05, 3.63) is 119 Å². The van der Waals surface area contributed by atoms with E-state index in [-0.39, 0.29) is 17.4 Å². The third kappa shape index (κ3) is 8.39. The Kier molecular flexibility index (Phi) is 10.6. The predicted molar refractivity (Wildman–Crippen MR) is 167 cm³/mol. The fourth-order valence-corrected chi connectivity index (χ4v) is 4.70. The van der Waals surface area contributed by atoms with Gasteiger partial charge in [-0.3, -0.25) is 14.4 Å². The number of benzene rings is 4.